The molecule has 148 valence electrons. The van der Waals surface area contributed by atoms with E-state index < -0.39 is 10.8 Å². The van der Waals surface area contributed by atoms with Crippen LogP contribution in [0.4, 0.5) is 0 Å². The topological polar surface area (TPSA) is 119 Å². The molecule has 0 aromatic rings. The van der Waals surface area contributed by atoms with Gasteiger partial charge in [-0.3, -0.25) is 14.4 Å². The molecule has 4 bridgehead atoms. The van der Waals surface area contributed by atoms with Gasteiger partial charge in [-0.25, -0.2) is 0 Å². The number of nitrogens with zero attached hydrogens (tertiary/aromatic N) is 1. The van der Waals surface area contributed by atoms with Crippen molar-refractivity contribution in [2.75, 3.05) is 14.2 Å². The highest BCUT2D eigenvalue weighted by Gasteiger charge is 2.61. The van der Waals surface area contributed by atoms with Crippen LogP contribution in [0.1, 0.15) is 64.2 Å². The van der Waals surface area contributed by atoms with Crippen LogP contribution in [0.5, 0.6) is 0 Å². The van der Waals surface area contributed by atoms with E-state index in [1.54, 1.807) is 0 Å². The van der Waals surface area contributed by atoms with Gasteiger partial charge >= 0.3 is 11.9 Å². The Hall–Kier alpha value is -2.10. The number of carbonyl (C=O) groups is 3. The number of primary amides is 1. The lowest BCUT2D eigenvalue weighted by Crippen LogP contribution is -2.32. The molecule has 4 fully saturated rings. The van der Waals surface area contributed by atoms with Crippen molar-refractivity contribution < 1.29 is 23.9 Å². The van der Waals surface area contributed by atoms with Gasteiger partial charge in [-0.2, -0.15) is 5.26 Å². The molecule has 0 heterocycles. The number of amides is 1. The largest absolute Gasteiger partial charge is 0.469 e. The molecule has 0 aromatic heterocycles. The molecule has 2 N–H and O–H groups in total. The third-order valence-electron chi connectivity index (χ3n) is 7.68. The Morgan fingerprint density at radius 3 is 1.52 bits per heavy atom. The van der Waals surface area contributed by atoms with Crippen molar-refractivity contribution in [1.29, 1.82) is 5.26 Å². The van der Waals surface area contributed by atoms with E-state index in [1.165, 1.54) is 14.2 Å². The zero-order valence-electron chi connectivity index (χ0n) is 16.1. The minimum Gasteiger partial charge on any atom is -0.469 e. The minimum absolute atomic E-state index is 0.109. The molecule has 7 heteroatoms. The molecule has 4 rings (SSSR count). The normalized spacial score (nSPS) is 40.6. The predicted octanol–water partition coefficient (Wildman–Crippen LogP) is 2.23. The Kier molecular flexibility index (Phi) is 4.73. The first-order chi connectivity index (χ1) is 12.7. The van der Waals surface area contributed by atoms with Crippen molar-refractivity contribution >= 4 is 17.8 Å². The van der Waals surface area contributed by atoms with Gasteiger partial charge in [-0.1, -0.05) is 0 Å². The average Bonchev–Trinajstić information content (AvgIpc) is 3.45. The van der Waals surface area contributed by atoms with Gasteiger partial charge in [-0.15, -0.1) is 0 Å². The Bertz CT molecular complexity index is 692. The van der Waals surface area contributed by atoms with Gasteiger partial charge < -0.3 is 15.2 Å². The molecule has 0 saturated heterocycles. The summed E-state index contributed by atoms with van der Waals surface area (Å²) in [6, 6.07) is 2.36. The number of methoxy groups -OCH3 is 2. The molecule has 27 heavy (non-hydrogen) atoms. The fraction of sp³-hybridized carbons (Fsp3) is 0.800. The van der Waals surface area contributed by atoms with Crippen LogP contribution in [0.25, 0.3) is 0 Å². The van der Waals surface area contributed by atoms with E-state index in [9.17, 15) is 14.4 Å². The first-order valence-corrected chi connectivity index (χ1v) is 9.59. The summed E-state index contributed by atoms with van der Waals surface area (Å²) in [5.74, 6) is -0.527. The lowest BCUT2D eigenvalue weighted by atomic mass is 9.82. The maximum absolute atomic E-state index is 11.6. The molecule has 0 atom stereocenters. The minimum atomic E-state index is -0.409. The van der Waals surface area contributed by atoms with Crippen LogP contribution in [0, 0.1) is 33.0 Å². The van der Waals surface area contributed by atoms with Gasteiger partial charge in [0.25, 0.3) is 0 Å². The lowest BCUT2D eigenvalue weighted by Gasteiger charge is -2.23. The summed E-state index contributed by atoms with van der Waals surface area (Å²) in [6.45, 7) is 0. The van der Waals surface area contributed by atoms with E-state index >= 15 is 0 Å². The number of ether oxygens (including phenoxy) is 2. The number of rotatable bonds is 3. The summed E-state index contributed by atoms with van der Waals surface area (Å²) < 4.78 is 9.58. The molecule has 4 aliphatic carbocycles. The summed E-state index contributed by atoms with van der Waals surface area (Å²) in [4.78, 5) is 34.4. The van der Waals surface area contributed by atoms with Gasteiger partial charge in [0.15, 0.2) is 0 Å². The maximum Gasteiger partial charge on any atom is 0.311 e. The fourth-order valence-electron chi connectivity index (χ4n) is 5.89. The van der Waals surface area contributed by atoms with Crippen LogP contribution in [-0.4, -0.2) is 32.1 Å². The second kappa shape index (κ2) is 6.50. The second-order valence-electron chi connectivity index (χ2n) is 8.93. The van der Waals surface area contributed by atoms with Crippen LogP contribution in [0.15, 0.2) is 0 Å². The molecular weight excluding hydrogens is 348 g/mol. The molecular formula is C20H28N2O5. The van der Waals surface area contributed by atoms with Crippen molar-refractivity contribution in [2.45, 2.75) is 64.2 Å². The zero-order valence-corrected chi connectivity index (χ0v) is 16.1. The summed E-state index contributed by atoms with van der Waals surface area (Å²) >= 11 is 0. The number of nitriles is 1. The molecule has 0 radical (unpaired) electrons. The van der Waals surface area contributed by atoms with Gasteiger partial charge in [-0.05, 0) is 64.2 Å². The average molecular weight is 376 g/mol. The van der Waals surface area contributed by atoms with E-state index in [4.69, 9.17) is 20.5 Å². The highest BCUT2D eigenvalue weighted by Crippen LogP contribution is 2.62. The van der Waals surface area contributed by atoms with E-state index in [1.807, 2.05) is 0 Å². The Labute approximate surface area is 159 Å². The van der Waals surface area contributed by atoms with E-state index in [0.29, 0.717) is 6.42 Å². The number of carbonyl (C=O) groups excluding carboxylic acids is 3. The molecule has 7 nitrogen and oxygen atoms in total. The number of fused-ring (bicyclic) bond motifs is 4. The summed E-state index contributed by atoms with van der Waals surface area (Å²) in [7, 11) is 2.83. The fourth-order valence-corrected chi connectivity index (χ4v) is 5.89. The number of hydrogen-bond donors (Lipinski definition) is 1. The van der Waals surface area contributed by atoms with Crippen LogP contribution in [0.3, 0.4) is 0 Å². The molecule has 4 saturated carbocycles. The van der Waals surface area contributed by atoms with Crippen molar-refractivity contribution in [3.63, 3.8) is 0 Å². The molecule has 0 aliphatic heterocycles. The van der Waals surface area contributed by atoms with Crippen LogP contribution >= 0.6 is 0 Å². The van der Waals surface area contributed by atoms with Crippen LogP contribution in [-0.2, 0) is 23.9 Å². The van der Waals surface area contributed by atoms with Gasteiger partial charge in [0.05, 0.1) is 41.9 Å². The molecule has 0 aromatic carbocycles. The Morgan fingerprint density at radius 1 is 0.778 bits per heavy atom. The van der Waals surface area contributed by atoms with Crippen molar-refractivity contribution in [2.24, 2.45) is 27.4 Å². The van der Waals surface area contributed by atoms with Crippen LogP contribution < -0.4 is 5.73 Å². The van der Waals surface area contributed by atoms with E-state index in [0.717, 1.165) is 57.8 Å². The van der Waals surface area contributed by atoms with Gasteiger partial charge in [0, 0.05) is 0 Å². The third-order valence-corrected chi connectivity index (χ3v) is 7.68. The smallest absolute Gasteiger partial charge is 0.311 e. The lowest BCUT2D eigenvalue weighted by molar-refractivity contribution is -0.153. The Morgan fingerprint density at radius 2 is 1.19 bits per heavy atom. The van der Waals surface area contributed by atoms with Crippen LogP contribution in [0.2, 0.25) is 0 Å². The summed E-state index contributed by atoms with van der Waals surface area (Å²) in [5, 5.41) is 9.01. The van der Waals surface area contributed by atoms with Crippen molar-refractivity contribution in [3.05, 3.63) is 0 Å². The number of nitrogens with two attached hydrogens (primary N) is 1. The highest BCUT2D eigenvalue weighted by molar-refractivity contribution is 5.86. The van der Waals surface area contributed by atoms with Crippen molar-refractivity contribution in [3.8, 4) is 6.07 Å². The standard InChI is InChI=1S/C10H15NO3.C10H13NO2/c1-14-8(13)10-4-2-9(6-10,3-5-10)7(11)12;1-13-8(12)10-4-2-9(6-10,7-11)3-5-10/h2-6H2,1H3,(H2,11,12);2-6H2,1H3. The molecule has 0 spiro atoms. The van der Waals surface area contributed by atoms with Gasteiger partial charge in [0.2, 0.25) is 5.91 Å². The molecule has 0 unspecified atom stereocenters. The molecule has 1 amide bonds. The predicted molar refractivity (Wildman–Crippen MR) is 94.7 cm³/mol. The quantitative estimate of drug-likeness (QED) is 0.754. The summed E-state index contributed by atoms with van der Waals surface area (Å²) in [5.41, 5.74) is 4.07. The monoisotopic (exact) mass is 376 g/mol. The number of esters is 2. The third kappa shape index (κ3) is 2.90. The Balaban J connectivity index is 0.000000156. The highest BCUT2D eigenvalue weighted by atomic mass is 16.5. The van der Waals surface area contributed by atoms with E-state index in [-0.39, 0.29) is 28.7 Å². The van der Waals surface area contributed by atoms with E-state index in [2.05, 4.69) is 6.07 Å². The first-order valence-electron chi connectivity index (χ1n) is 9.59. The van der Waals surface area contributed by atoms with Crippen molar-refractivity contribution in [1.82, 2.24) is 0 Å². The zero-order chi connectivity index (χ0) is 19.9. The number of hydrogen-bond acceptors (Lipinski definition) is 6. The summed E-state index contributed by atoms with van der Waals surface area (Å²) in [6.07, 6.45) is 7.75. The first kappa shape index (κ1) is 19.7. The maximum atomic E-state index is 11.6. The second-order valence-corrected chi connectivity index (χ2v) is 8.93. The molecule has 4 aliphatic rings. The van der Waals surface area contributed by atoms with Gasteiger partial charge in [0.1, 0.15) is 0 Å². The SMILES string of the molecule is COC(=O)C12CCC(C#N)(CC1)C2.COC(=O)C12CCC(C(N)=O)(CC1)C2.